The molecule has 0 amide bonds. The second kappa shape index (κ2) is 18.0. The Morgan fingerprint density at radius 1 is 0.638 bits per heavy atom. The molecule has 4 aromatic rings. The van der Waals surface area contributed by atoms with Gasteiger partial charge in [-0.05, 0) is 46.7 Å². The number of thioether (sulfide) groups is 1. The number of aryl methyl sites for hydroxylation is 1. The van der Waals surface area contributed by atoms with Crippen molar-refractivity contribution in [2.24, 2.45) is 5.92 Å². The van der Waals surface area contributed by atoms with Gasteiger partial charge in [-0.3, -0.25) is 0 Å². The topological polar surface area (TPSA) is 36.9 Å². The van der Waals surface area contributed by atoms with Gasteiger partial charge >= 0.3 is 0 Å². The number of fused-ring (bicyclic) bond motifs is 3. The van der Waals surface area contributed by atoms with Gasteiger partial charge in [-0.25, -0.2) is 0 Å². The smallest absolute Gasteiger partial charge is 0.113 e. The summed E-state index contributed by atoms with van der Waals surface area (Å²) in [7, 11) is 0. The van der Waals surface area contributed by atoms with Crippen molar-refractivity contribution in [2.75, 3.05) is 12.4 Å². The van der Waals surface area contributed by atoms with Crippen LogP contribution in [-0.4, -0.2) is 30.7 Å². The molecule has 2 heterocycles. The molecule has 4 nitrogen and oxygen atoms in total. The van der Waals surface area contributed by atoms with Gasteiger partial charge in [0.1, 0.15) is 12.2 Å². The highest BCUT2D eigenvalue weighted by Crippen LogP contribution is 2.49. The van der Waals surface area contributed by atoms with Crippen LogP contribution in [0.25, 0.3) is 0 Å². The van der Waals surface area contributed by atoms with Gasteiger partial charge in [0.05, 0.1) is 38.6 Å². The summed E-state index contributed by atoms with van der Waals surface area (Å²) < 4.78 is 27.2. The van der Waals surface area contributed by atoms with Gasteiger partial charge in [-0.2, -0.15) is 0 Å². The average molecular weight is 651 g/mol. The first kappa shape index (κ1) is 34.0. The molecule has 0 aliphatic carbocycles. The lowest BCUT2D eigenvalue weighted by molar-refractivity contribution is -0.244. The molecule has 0 spiro atoms. The zero-order chi connectivity index (χ0) is 32.1. The van der Waals surface area contributed by atoms with Crippen LogP contribution in [0.3, 0.4) is 0 Å². The van der Waals surface area contributed by atoms with Crippen LogP contribution in [-0.2, 0) is 45.2 Å². The summed E-state index contributed by atoms with van der Waals surface area (Å²) in [5.41, 5.74) is 6.17. The van der Waals surface area contributed by atoms with Gasteiger partial charge in [0.25, 0.3) is 0 Å². The van der Waals surface area contributed by atoms with E-state index in [1.807, 2.05) is 23.9 Å². The quantitative estimate of drug-likeness (QED) is 0.106. The normalized spacial score (nSPS) is 22.0. The van der Waals surface area contributed by atoms with E-state index in [-0.39, 0.29) is 30.3 Å². The third-order valence-corrected chi connectivity index (χ3v) is 10.7. The average Bonchev–Trinajstić information content (AvgIpc) is 3.12. The third kappa shape index (κ3) is 9.58. The van der Waals surface area contributed by atoms with Crippen molar-refractivity contribution in [3.63, 3.8) is 0 Å². The molecular formula is C42H50O4S. The largest absolute Gasteiger partial charge is 0.374 e. The molecule has 2 aliphatic rings. The van der Waals surface area contributed by atoms with E-state index in [0.717, 1.165) is 23.3 Å². The number of hydrogen-bond donors (Lipinski definition) is 0. The van der Waals surface area contributed by atoms with Crippen LogP contribution in [0.5, 0.6) is 0 Å². The minimum Gasteiger partial charge on any atom is -0.374 e. The Kier molecular flexibility index (Phi) is 13.0. The summed E-state index contributed by atoms with van der Waals surface area (Å²) in [5, 5.41) is 0. The molecule has 0 aromatic heterocycles. The summed E-state index contributed by atoms with van der Waals surface area (Å²) in [6.07, 6.45) is 8.19. The minimum absolute atomic E-state index is 0.0709. The van der Waals surface area contributed by atoms with E-state index >= 15 is 0 Å². The van der Waals surface area contributed by atoms with Crippen LogP contribution in [0.2, 0.25) is 0 Å². The molecule has 4 aromatic carbocycles. The Morgan fingerprint density at radius 3 is 1.89 bits per heavy atom. The molecule has 2 aliphatic heterocycles. The van der Waals surface area contributed by atoms with Crippen LogP contribution in [0, 0.1) is 5.92 Å². The van der Waals surface area contributed by atoms with Crippen LogP contribution in [0.15, 0.2) is 114 Å². The molecule has 0 saturated carbocycles. The lowest BCUT2D eigenvalue weighted by Gasteiger charge is -2.48. The van der Waals surface area contributed by atoms with E-state index in [2.05, 4.69) is 104 Å². The summed E-state index contributed by atoms with van der Waals surface area (Å²) in [6, 6.07) is 38.3. The van der Waals surface area contributed by atoms with Crippen LogP contribution >= 0.6 is 11.8 Å². The summed E-state index contributed by atoms with van der Waals surface area (Å²) in [5.74, 6) is 1.09. The molecule has 5 heteroatoms. The van der Waals surface area contributed by atoms with Crippen molar-refractivity contribution in [3.05, 3.63) is 137 Å². The zero-order valence-electron chi connectivity index (χ0n) is 27.8. The van der Waals surface area contributed by atoms with Crippen molar-refractivity contribution in [3.8, 4) is 0 Å². The van der Waals surface area contributed by atoms with Gasteiger partial charge in [0.2, 0.25) is 0 Å². The maximum absolute atomic E-state index is 7.12. The SMILES string of the molecule is CCCCCCCCc1ccc2c(c1)[C@H]1O[C@H](COCc3ccccc3)[C@@H](OCc3ccccc3)[C@H](OCc3ccccc3)[C@H]1CS2. The standard InChI is InChI=1S/C42H50O4S/c1-2-3-4-5-6-10-17-32-24-25-39-36(26-32)40-37(31-47-39)41(44-28-34-20-13-8-14-21-34)42(45-29-35-22-15-9-16-23-35)38(46-40)30-43-27-33-18-11-7-12-19-33/h7-9,11-16,18-26,37-38,40-42H,2-6,10,17,27-31H2,1H3/t37-,38+,40+,41+,42+/m0/s1. The molecule has 248 valence electrons. The molecule has 1 saturated heterocycles. The van der Waals surface area contributed by atoms with Crippen LogP contribution < -0.4 is 0 Å². The van der Waals surface area contributed by atoms with Gasteiger partial charge in [-0.1, -0.05) is 142 Å². The Bertz CT molecular complexity index is 1460. The third-order valence-electron chi connectivity index (χ3n) is 9.42. The van der Waals surface area contributed by atoms with E-state index in [1.54, 1.807) is 0 Å². The molecule has 0 radical (unpaired) electrons. The highest BCUT2D eigenvalue weighted by atomic mass is 32.2. The molecule has 0 bridgehead atoms. The fourth-order valence-corrected chi connectivity index (χ4v) is 8.08. The Hall–Kier alpha value is -2.93. The summed E-state index contributed by atoms with van der Waals surface area (Å²) >= 11 is 1.93. The van der Waals surface area contributed by atoms with Crippen molar-refractivity contribution in [1.29, 1.82) is 0 Å². The predicted molar refractivity (Wildman–Crippen MR) is 191 cm³/mol. The van der Waals surface area contributed by atoms with Crippen molar-refractivity contribution >= 4 is 11.8 Å². The van der Waals surface area contributed by atoms with Crippen LogP contribution in [0.4, 0.5) is 0 Å². The molecule has 47 heavy (non-hydrogen) atoms. The first-order valence-electron chi connectivity index (χ1n) is 17.6. The highest BCUT2D eigenvalue weighted by Gasteiger charge is 2.50. The fourth-order valence-electron chi connectivity index (χ4n) is 6.84. The summed E-state index contributed by atoms with van der Waals surface area (Å²) in [6.45, 7) is 4.28. The lowest BCUT2D eigenvalue weighted by Crippen LogP contribution is -2.56. The second-order valence-corrected chi connectivity index (χ2v) is 14.0. The second-order valence-electron chi connectivity index (χ2n) is 13.0. The number of benzene rings is 4. The predicted octanol–water partition coefficient (Wildman–Crippen LogP) is 10.1. The van der Waals surface area contributed by atoms with E-state index in [1.165, 1.54) is 60.1 Å². The number of rotatable bonds is 17. The molecule has 6 rings (SSSR count). The molecule has 0 unspecified atom stereocenters. The van der Waals surface area contributed by atoms with Crippen LogP contribution in [0.1, 0.15) is 79.4 Å². The van der Waals surface area contributed by atoms with E-state index in [0.29, 0.717) is 26.4 Å². The Labute approximate surface area is 286 Å². The van der Waals surface area contributed by atoms with Gasteiger partial charge in [0.15, 0.2) is 0 Å². The highest BCUT2D eigenvalue weighted by molar-refractivity contribution is 7.99. The zero-order valence-corrected chi connectivity index (χ0v) is 28.6. The van der Waals surface area contributed by atoms with Crippen molar-refractivity contribution in [1.82, 2.24) is 0 Å². The van der Waals surface area contributed by atoms with E-state index in [9.17, 15) is 0 Å². The van der Waals surface area contributed by atoms with Crippen molar-refractivity contribution in [2.45, 2.75) is 101 Å². The maximum Gasteiger partial charge on any atom is 0.113 e. The monoisotopic (exact) mass is 650 g/mol. The molecule has 0 N–H and O–H groups in total. The molecule has 1 fully saturated rings. The van der Waals surface area contributed by atoms with Gasteiger partial charge < -0.3 is 18.9 Å². The van der Waals surface area contributed by atoms with Gasteiger partial charge in [-0.15, -0.1) is 11.8 Å². The Morgan fingerprint density at radius 2 is 1.23 bits per heavy atom. The van der Waals surface area contributed by atoms with E-state index < -0.39 is 0 Å². The number of unbranched alkanes of at least 4 members (excludes halogenated alkanes) is 5. The maximum atomic E-state index is 7.12. The Balaban J connectivity index is 1.24. The summed E-state index contributed by atoms with van der Waals surface area (Å²) in [4.78, 5) is 1.33. The number of ether oxygens (including phenoxy) is 4. The number of hydrogen-bond acceptors (Lipinski definition) is 5. The molecule has 5 atom stereocenters. The first-order chi connectivity index (χ1) is 23.3. The lowest BCUT2D eigenvalue weighted by atomic mass is 9.83. The molecular weight excluding hydrogens is 601 g/mol. The van der Waals surface area contributed by atoms with Gasteiger partial charge in [0, 0.05) is 16.6 Å². The fraction of sp³-hybridized carbons (Fsp3) is 0.429. The minimum atomic E-state index is -0.275. The van der Waals surface area contributed by atoms with E-state index in [4.69, 9.17) is 18.9 Å². The first-order valence-corrected chi connectivity index (χ1v) is 18.6. The van der Waals surface area contributed by atoms with Crippen molar-refractivity contribution < 1.29 is 18.9 Å².